The van der Waals surface area contributed by atoms with Gasteiger partial charge in [0.05, 0.1) is 12.0 Å². The quantitative estimate of drug-likeness (QED) is 0.724. The smallest absolute Gasteiger partial charge is 0.307 e. The lowest BCUT2D eigenvalue weighted by molar-refractivity contribution is -0.142. The second-order valence-electron chi connectivity index (χ2n) is 4.45. The lowest BCUT2D eigenvalue weighted by Gasteiger charge is -2.22. The fourth-order valence-electron chi connectivity index (χ4n) is 2.04. The van der Waals surface area contributed by atoms with E-state index in [1.807, 2.05) is 6.92 Å². The molecule has 1 saturated carbocycles. The van der Waals surface area contributed by atoms with E-state index < -0.39 is 5.97 Å². The molecule has 0 aliphatic heterocycles. The lowest BCUT2D eigenvalue weighted by Crippen LogP contribution is -2.41. The van der Waals surface area contributed by atoms with Gasteiger partial charge in [0.1, 0.15) is 0 Å². The first-order chi connectivity index (χ1) is 7.04. The first-order valence-electron chi connectivity index (χ1n) is 5.56. The van der Waals surface area contributed by atoms with Crippen molar-refractivity contribution in [3.63, 3.8) is 0 Å². The summed E-state index contributed by atoms with van der Waals surface area (Å²) in [5.41, 5.74) is 0. The normalized spacial score (nSPS) is 30.1. The molecule has 1 rings (SSSR count). The molecule has 15 heavy (non-hydrogen) atoms. The standard InChI is InChI=1S/C11H21NO3/c1-7(11(13)14)8(2)12-9-4-5-10(6-9)15-3/h7-10,12H,4-6H2,1-3H3,(H,13,14). The van der Waals surface area contributed by atoms with Gasteiger partial charge in [-0.2, -0.15) is 0 Å². The molecule has 1 aliphatic rings. The number of nitrogens with one attached hydrogen (secondary N) is 1. The van der Waals surface area contributed by atoms with Crippen molar-refractivity contribution in [1.29, 1.82) is 0 Å². The van der Waals surface area contributed by atoms with Crippen molar-refractivity contribution in [3.8, 4) is 0 Å². The predicted molar refractivity (Wildman–Crippen MR) is 57.8 cm³/mol. The third-order valence-corrected chi connectivity index (χ3v) is 3.36. The van der Waals surface area contributed by atoms with Gasteiger partial charge in [-0.3, -0.25) is 4.79 Å². The molecule has 4 nitrogen and oxygen atoms in total. The molecule has 0 saturated heterocycles. The van der Waals surface area contributed by atoms with E-state index >= 15 is 0 Å². The number of ether oxygens (including phenoxy) is 1. The number of carboxylic acid groups (broad SMARTS) is 1. The second kappa shape index (κ2) is 5.47. The minimum atomic E-state index is -0.740. The van der Waals surface area contributed by atoms with E-state index in [0.717, 1.165) is 19.3 Å². The Labute approximate surface area is 91.0 Å². The summed E-state index contributed by atoms with van der Waals surface area (Å²) < 4.78 is 5.27. The maximum absolute atomic E-state index is 10.8. The van der Waals surface area contributed by atoms with E-state index in [9.17, 15) is 4.79 Å². The molecule has 0 amide bonds. The topological polar surface area (TPSA) is 58.6 Å². The molecule has 0 spiro atoms. The minimum Gasteiger partial charge on any atom is -0.481 e. The highest BCUT2D eigenvalue weighted by Crippen LogP contribution is 2.22. The molecule has 1 fully saturated rings. The van der Waals surface area contributed by atoms with Gasteiger partial charge in [0.15, 0.2) is 0 Å². The molecule has 88 valence electrons. The van der Waals surface area contributed by atoms with E-state index in [1.165, 1.54) is 0 Å². The number of carboxylic acids is 1. The molecule has 4 heteroatoms. The Morgan fingerprint density at radius 3 is 2.60 bits per heavy atom. The summed E-state index contributed by atoms with van der Waals surface area (Å²) in [7, 11) is 1.73. The fourth-order valence-corrected chi connectivity index (χ4v) is 2.04. The van der Waals surface area contributed by atoms with E-state index in [1.54, 1.807) is 14.0 Å². The van der Waals surface area contributed by atoms with Crippen molar-refractivity contribution >= 4 is 5.97 Å². The van der Waals surface area contributed by atoms with Crippen molar-refractivity contribution in [3.05, 3.63) is 0 Å². The van der Waals surface area contributed by atoms with E-state index in [-0.39, 0.29) is 12.0 Å². The predicted octanol–water partition coefficient (Wildman–Crippen LogP) is 1.25. The van der Waals surface area contributed by atoms with Gasteiger partial charge < -0.3 is 15.2 Å². The SMILES string of the molecule is COC1CCC(NC(C)C(C)C(=O)O)C1. The average Bonchev–Trinajstić information content (AvgIpc) is 2.64. The van der Waals surface area contributed by atoms with Crippen LogP contribution in [0.15, 0.2) is 0 Å². The number of aliphatic carboxylic acids is 1. The first kappa shape index (κ1) is 12.5. The summed E-state index contributed by atoms with van der Waals surface area (Å²) in [5.74, 6) is -1.08. The summed E-state index contributed by atoms with van der Waals surface area (Å²) >= 11 is 0. The van der Waals surface area contributed by atoms with Crippen LogP contribution in [0, 0.1) is 5.92 Å². The molecule has 2 N–H and O–H groups in total. The van der Waals surface area contributed by atoms with Gasteiger partial charge in [-0.25, -0.2) is 0 Å². The largest absolute Gasteiger partial charge is 0.481 e. The van der Waals surface area contributed by atoms with Crippen LogP contribution in [0.25, 0.3) is 0 Å². The van der Waals surface area contributed by atoms with Gasteiger partial charge in [0.25, 0.3) is 0 Å². The number of methoxy groups -OCH3 is 1. The molecule has 1 aliphatic carbocycles. The van der Waals surface area contributed by atoms with Crippen LogP contribution < -0.4 is 5.32 Å². The van der Waals surface area contributed by atoms with Gasteiger partial charge in [-0.05, 0) is 26.2 Å². The maximum atomic E-state index is 10.8. The molecule has 0 radical (unpaired) electrons. The van der Waals surface area contributed by atoms with Gasteiger partial charge in [-0.1, -0.05) is 6.92 Å². The van der Waals surface area contributed by atoms with Crippen LogP contribution in [0.4, 0.5) is 0 Å². The highest BCUT2D eigenvalue weighted by atomic mass is 16.5. The maximum Gasteiger partial charge on any atom is 0.307 e. The Morgan fingerprint density at radius 2 is 2.13 bits per heavy atom. The molecular weight excluding hydrogens is 194 g/mol. The Morgan fingerprint density at radius 1 is 1.47 bits per heavy atom. The fraction of sp³-hybridized carbons (Fsp3) is 0.909. The Hall–Kier alpha value is -0.610. The van der Waals surface area contributed by atoms with Crippen molar-refractivity contribution in [2.45, 2.75) is 51.3 Å². The summed E-state index contributed by atoms with van der Waals surface area (Å²) in [4.78, 5) is 10.8. The van der Waals surface area contributed by atoms with Crippen LogP contribution in [0.1, 0.15) is 33.1 Å². The van der Waals surface area contributed by atoms with Crippen LogP contribution in [0.2, 0.25) is 0 Å². The van der Waals surface area contributed by atoms with E-state index in [4.69, 9.17) is 9.84 Å². The summed E-state index contributed by atoms with van der Waals surface area (Å²) in [6, 6.07) is 0.426. The van der Waals surface area contributed by atoms with Crippen LogP contribution in [-0.4, -0.2) is 36.4 Å². The Balaban J connectivity index is 2.33. The molecule has 0 bridgehead atoms. The molecule has 0 aromatic carbocycles. The average molecular weight is 215 g/mol. The zero-order chi connectivity index (χ0) is 11.4. The van der Waals surface area contributed by atoms with Gasteiger partial charge in [-0.15, -0.1) is 0 Å². The van der Waals surface area contributed by atoms with Crippen molar-refractivity contribution in [1.82, 2.24) is 5.32 Å². The third kappa shape index (κ3) is 3.47. The van der Waals surface area contributed by atoms with Crippen LogP contribution >= 0.6 is 0 Å². The highest BCUT2D eigenvalue weighted by molar-refractivity contribution is 5.70. The number of hydrogen-bond donors (Lipinski definition) is 2. The highest BCUT2D eigenvalue weighted by Gasteiger charge is 2.28. The summed E-state index contributed by atoms with van der Waals surface area (Å²) in [6.45, 7) is 3.67. The van der Waals surface area contributed by atoms with Crippen molar-refractivity contribution in [2.24, 2.45) is 5.92 Å². The zero-order valence-corrected chi connectivity index (χ0v) is 9.69. The third-order valence-electron chi connectivity index (χ3n) is 3.36. The molecule has 4 atom stereocenters. The molecule has 4 unspecified atom stereocenters. The van der Waals surface area contributed by atoms with Crippen molar-refractivity contribution < 1.29 is 14.6 Å². The van der Waals surface area contributed by atoms with Crippen LogP contribution in [0.3, 0.4) is 0 Å². The Bertz CT molecular complexity index is 220. The number of hydrogen-bond acceptors (Lipinski definition) is 3. The molecule has 0 aromatic rings. The van der Waals surface area contributed by atoms with Gasteiger partial charge in [0.2, 0.25) is 0 Å². The number of rotatable bonds is 5. The molecule has 0 heterocycles. The number of carbonyl (C=O) groups is 1. The van der Waals surface area contributed by atoms with Crippen molar-refractivity contribution in [2.75, 3.05) is 7.11 Å². The molecule has 0 aromatic heterocycles. The van der Waals surface area contributed by atoms with E-state index in [2.05, 4.69) is 5.32 Å². The molecular formula is C11H21NO3. The first-order valence-corrected chi connectivity index (χ1v) is 5.56. The van der Waals surface area contributed by atoms with E-state index in [0.29, 0.717) is 12.1 Å². The summed E-state index contributed by atoms with van der Waals surface area (Å²) in [6.07, 6.45) is 3.49. The zero-order valence-electron chi connectivity index (χ0n) is 9.69. The minimum absolute atomic E-state index is 0.0168. The summed E-state index contributed by atoms with van der Waals surface area (Å²) in [5, 5.41) is 12.2. The second-order valence-corrected chi connectivity index (χ2v) is 4.45. The van der Waals surface area contributed by atoms with Crippen LogP contribution in [-0.2, 0) is 9.53 Å². The van der Waals surface area contributed by atoms with Gasteiger partial charge >= 0.3 is 5.97 Å². The monoisotopic (exact) mass is 215 g/mol. The van der Waals surface area contributed by atoms with Crippen LogP contribution in [0.5, 0.6) is 0 Å². The lowest BCUT2D eigenvalue weighted by atomic mass is 10.0. The Kier molecular flexibility index (Phi) is 4.54. The van der Waals surface area contributed by atoms with Gasteiger partial charge in [0, 0.05) is 19.2 Å².